The van der Waals surface area contributed by atoms with Crippen molar-refractivity contribution in [1.29, 1.82) is 0 Å². The smallest absolute Gasteiger partial charge is 0.150 e. The standard InChI is InChI=1S/C19H27NO3S/c21-19(8-10-24(22,23)11-9-19)14-20-17-6-7-18(20)13-16(12-17)15-4-2-1-3-5-15/h1-5,16-18,21H,6-14H2/t16?,17-,18+. The van der Waals surface area contributed by atoms with Crippen LogP contribution in [0.3, 0.4) is 0 Å². The van der Waals surface area contributed by atoms with Crippen LogP contribution in [-0.2, 0) is 9.84 Å². The van der Waals surface area contributed by atoms with E-state index in [1.165, 1.54) is 18.4 Å². The highest BCUT2D eigenvalue weighted by atomic mass is 32.2. The molecule has 1 aromatic carbocycles. The number of aliphatic hydroxyl groups is 1. The molecule has 3 heterocycles. The number of rotatable bonds is 3. The van der Waals surface area contributed by atoms with Crippen LogP contribution in [0.1, 0.15) is 50.0 Å². The zero-order valence-electron chi connectivity index (χ0n) is 14.1. The lowest BCUT2D eigenvalue weighted by molar-refractivity contribution is -0.0291. The molecule has 3 aliphatic rings. The second-order valence-electron chi connectivity index (χ2n) is 8.01. The number of fused-ring (bicyclic) bond motifs is 2. The van der Waals surface area contributed by atoms with Crippen molar-refractivity contribution in [3.8, 4) is 0 Å². The van der Waals surface area contributed by atoms with Crippen LogP contribution in [0.2, 0.25) is 0 Å². The van der Waals surface area contributed by atoms with Gasteiger partial charge in [-0.15, -0.1) is 0 Å². The van der Waals surface area contributed by atoms with Crippen LogP contribution in [0.15, 0.2) is 30.3 Å². The van der Waals surface area contributed by atoms with E-state index in [0.717, 1.165) is 12.8 Å². The largest absolute Gasteiger partial charge is 0.388 e. The molecular formula is C19H27NO3S. The van der Waals surface area contributed by atoms with E-state index in [9.17, 15) is 13.5 Å². The molecule has 1 N–H and O–H groups in total. The third-order valence-electron chi connectivity index (χ3n) is 6.39. The normalized spacial score (nSPS) is 35.0. The van der Waals surface area contributed by atoms with Gasteiger partial charge in [0.05, 0.1) is 17.1 Å². The molecule has 3 atom stereocenters. The summed E-state index contributed by atoms with van der Waals surface area (Å²) in [5.41, 5.74) is 0.627. The Balaban J connectivity index is 1.44. The summed E-state index contributed by atoms with van der Waals surface area (Å²) in [4.78, 5) is 2.50. The van der Waals surface area contributed by atoms with E-state index < -0.39 is 15.4 Å². The average molecular weight is 349 g/mol. The molecule has 0 aliphatic carbocycles. The number of benzene rings is 1. The lowest BCUT2D eigenvalue weighted by atomic mass is 9.84. The molecule has 4 nitrogen and oxygen atoms in total. The summed E-state index contributed by atoms with van der Waals surface area (Å²) in [7, 11) is -2.93. The summed E-state index contributed by atoms with van der Waals surface area (Å²) in [5.74, 6) is 0.903. The van der Waals surface area contributed by atoms with Gasteiger partial charge in [0.15, 0.2) is 9.84 Å². The number of hydrogen-bond acceptors (Lipinski definition) is 4. The van der Waals surface area contributed by atoms with Gasteiger partial charge in [0.1, 0.15) is 0 Å². The maximum atomic E-state index is 11.6. The SMILES string of the molecule is O=S1(=O)CCC(O)(CN2[C@@H]3CC[C@H]2CC(c2ccccc2)C3)CC1. The summed E-state index contributed by atoms with van der Waals surface area (Å²) in [6.45, 7) is 0.652. The summed E-state index contributed by atoms with van der Waals surface area (Å²) in [5, 5.41) is 10.9. The van der Waals surface area contributed by atoms with Gasteiger partial charge >= 0.3 is 0 Å². The summed E-state index contributed by atoms with van der Waals surface area (Å²) >= 11 is 0. The Hall–Kier alpha value is -0.910. The molecule has 3 aliphatic heterocycles. The van der Waals surface area contributed by atoms with Gasteiger partial charge in [-0.25, -0.2) is 8.42 Å². The molecule has 1 unspecified atom stereocenters. The van der Waals surface area contributed by atoms with E-state index >= 15 is 0 Å². The molecule has 0 aromatic heterocycles. The predicted octanol–water partition coefficient (Wildman–Crippen LogP) is 2.34. The predicted molar refractivity (Wildman–Crippen MR) is 94.8 cm³/mol. The van der Waals surface area contributed by atoms with Crippen LogP contribution in [0.5, 0.6) is 0 Å². The molecule has 2 bridgehead atoms. The van der Waals surface area contributed by atoms with Gasteiger partial charge in [-0.2, -0.15) is 0 Å². The van der Waals surface area contributed by atoms with Gasteiger partial charge < -0.3 is 5.11 Å². The van der Waals surface area contributed by atoms with Crippen LogP contribution in [0.4, 0.5) is 0 Å². The lowest BCUT2D eigenvalue weighted by Crippen LogP contribution is -2.53. The Kier molecular flexibility index (Phi) is 4.22. The van der Waals surface area contributed by atoms with Crippen LogP contribution in [0, 0.1) is 0 Å². The summed E-state index contributed by atoms with van der Waals surface area (Å²) in [6.07, 6.45) is 5.54. The van der Waals surface area contributed by atoms with E-state index in [2.05, 4.69) is 35.2 Å². The van der Waals surface area contributed by atoms with Crippen LogP contribution in [-0.4, -0.2) is 54.2 Å². The third kappa shape index (κ3) is 3.26. The monoisotopic (exact) mass is 349 g/mol. The maximum absolute atomic E-state index is 11.6. The van der Waals surface area contributed by atoms with E-state index in [-0.39, 0.29) is 11.5 Å². The zero-order valence-corrected chi connectivity index (χ0v) is 14.9. The topological polar surface area (TPSA) is 57.6 Å². The molecule has 24 heavy (non-hydrogen) atoms. The van der Waals surface area contributed by atoms with Crippen LogP contribution < -0.4 is 0 Å². The fourth-order valence-corrected chi connectivity index (χ4v) is 6.53. The number of sulfone groups is 1. The molecule has 0 spiro atoms. The van der Waals surface area contributed by atoms with E-state index in [1.807, 2.05) is 0 Å². The first-order valence-corrected chi connectivity index (χ1v) is 11.0. The fraction of sp³-hybridized carbons (Fsp3) is 0.684. The molecule has 0 saturated carbocycles. The van der Waals surface area contributed by atoms with Crippen molar-refractivity contribution in [2.45, 2.75) is 62.1 Å². The van der Waals surface area contributed by atoms with Crippen molar-refractivity contribution < 1.29 is 13.5 Å². The first kappa shape index (κ1) is 16.6. The average Bonchev–Trinajstić information content (AvgIpc) is 2.80. The van der Waals surface area contributed by atoms with Crippen molar-refractivity contribution in [2.24, 2.45) is 0 Å². The number of hydrogen-bond donors (Lipinski definition) is 1. The Morgan fingerprint density at radius 1 is 1.04 bits per heavy atom. The molecule has 132 valence electrons. The van der Waals surface area contributed by atoms with Gasteiger partial charge in [-0.05, 0) is 50.0 Å². The zero-order chi connectivity index (χ0) is 16.8. The van der Waals surface area contributed by atoms with Crippen LogP contribution >= 0.6 is 0 Å². The molecule has 3 saturated heterocycles. The van der Waals surface area contributed by atoms with E-state index in [1.54, 1.807) is 0 Å². The molecule has 0 amide bonds. The summed E-state index contributed by atoms with van der Waals surface area (Å²) < 4.78 is 23.3. The van der Waals surface area contributed by atoms with Crippen molar-refractivity contribution in [1.82, 2.24) is 4.90 Å². The molecular weight excluding hydrogens is 322 g/mol. The van der Waals surface area contributed by atoms with Gasteiger partial charge in [-0.3, -0.25) is 4.90 Å². The fourth-order valence-electron chi connectivity index (χ4n) is 4.95. The molecule has 4 rings (SSSR count). The minimum Gasteiger partial charge on any atom is -0.388 e. The minimum atomic E-state index is -2.93. The van der Waals surface area contributed by atoms with Crippen molar-refractivity contribution in [3.63, 3.8) is 0 Å². The van der Waals surface area contributed by atoms with Gasteiger partial charge in [0.2, 0.25) is 0 Å². The van der Waals surface area contributed by atoms with Gasteiger partial charge in [0.25, 0.3) is 0 Å². The highest BCUT2D eigenvalue weighted by molar-refractivity contribution is 7.91. The second-order valence-corrected chi connectivity index (χ2v) is 10.3. The molecule has 1 aromatic rings. The Bertz CT molecular complexity index is 660. The highest BCUT2D eigenvalue weighted by Crippen LogP contribution is 2.44. The van der Waals surface area contributed by atoms with Crippen molar-refractivity contribution >= 4 is 9.84 Å². The summed E-state index contributed by atoms with van der Waals surface area (Å²) in [6, 6.07) is 11.9. The quantitative estimate of drug-likeness (QED) is 0.910. The molecule has 3 fully saturated rings. The minimum absolute atomic E-state index is 0.138. The lowest BCUT2D eigenvalue weighted by Gasteiger charge is -2.44. The first-order valence-electron chi connectivity index (χ1n) is 9.18. The Morgan fingerprint density at radius 3 is 2.21 bits per heavy atom. The second kappa shape index (κ2) is 6.11. The van der Waals surface area contributed by atoms with Crippen molar-refractivity contribution in [2.75, 3.05) is 18.1 Å². The Morgan fingerprint density at radius 2 is 1.62 bits per heavy atom. The number of piperidine rings is 1. The van der Waals surface area contributed by atoms with E-state index in [0.29, 0.717) is 37.4 Å². The van der Waals surface area contributed by atoms with Gasteiger partial charge in [-0.1, -0.05) is 30.3 Å². The highest BCUT2D eigenvalue weighted by Gasteiger charge is 2.45. The number of nitrogens with zero attached hydrogens (tertiary/aromatic N) is 1. The molecule has 5 heteroatoms. The maximum Gasteiger partial charge on any atom is 0.150 e. The first-order chi connectivity index (χ1) is 11.4. The van der Waals surface area contributed by atoms with Crippen LogP contribution in [0.25, 0.3) is 0 Å². The third-order valence-corrected chi connectivity index (χ3v) is 8.04. The van der Waals surface area contributed by atoms with Crippen molar-refractivity contribution in [3.05, 3.63) is 35.9 Å². The molecule has 0 radical (unpaired) electrons. The Labute approximate surface area is 144 Å². The van der Waals surface area contributed by atoms with E-state index in [4.69, 9.17) is 0 Å². The van der Waals surface area contributed by atoms with Gasteiger partial charge in [0, 0.05) is 18.6 Å².